The van der Waals surface area contributed by atoms with Crippen molar-refractivity contribution in [2.24, 2.45) is 5.92 Å². The zero-order chi connectivity index (χ0) is 12.1. The first kappa shape index (κ1) is 14.4. The summed E-state index contributed by atoms with van der Waals surface area (Å²) in [6, 6.07) is 0. The molecule has 6 heteroatoms. The second-order valence-electron chi connectivity index (χ2n) is 3.94. The van der Waals surface area contributed by atoms with Crippen LogP contribution >= 0.6 is 0 Å². The molecule has 0 aromatic carbocycles. The highest BCUT2D eigenvalue weighted by atomic mass is 32.2. The highest BCUT2D eigenvalue weighted by molar-refractivity contribution is 7.91. The second kappa shape index (κ2) is 6.07. The van der Waals surface area contributed by atoms with E-state index in [2.05, 4.69) is 0 Å². The minimum Gasteiger partial charge on any atom is -0.481 e. The molecule has 0 aliphatic heterocycles. The van der Waals surface area contributed by atoms with Crippen LogP contribution in [0.15, 0.2) is 0 Å². The molecule has 5 nitrogen and oxygen atoms in total. The molecule has 90 valence electrons. The van der Waals surface area contributed by atoms with Gasteiger partial charge in [0.2, 0.25) is 0 Å². The lowest BCUT2D eigenvalue weighted by Crippen LogP contribution is -2.25. The van der Waals surface area contributed by atoms with Crippen LogP contribution in [0.2, 0.25) is 0 Å². The van der Waals surface area contributed by atoms with Gasteiger partial charge in [0, 0.05) is 6.42 Å². The number of carboxylic acids is 1. The Morgan fingerprint density at radius 3 is 2.20 bits per heavy atom. The summed E-state index contributed by atoms with van der Waals surface area (Å²) in [5.41, 5.74) is -1.55. The Bertz CT molecular complexity index is 294. The highest BCUT2D eigenvalue weighted by Crippen LogP contribution is 2.11. The number of sulfone groups is 1. The van der Waals surface area contributed by atoms with Crippen molar-refractivity contribution >= 4 is 15.8 Å². The quantitative estimate of drug-likeness (QED) is 0.678. The lowest BCUT2D eigenvalue weighted by Gasteiger charge is -2.11. The SMILES string of the molecule is CC(C)CCS(=O)(=O)C(O)CCC(=O)O. The van der Waals surface area contributed by atoms with Gasteiger partial charge in [-0.25, -0.2) is 8.42 Å². The Morgan fingerprint density at radius 2 is 1.80 bits per heavy atom. The van der Waals surface area contributed by atoms with Gasteiger partial charge in [-0.3, -0.25) is 4.79 Å². The van der Waals surface area contributed by atoms with E-state index in [0.29, 0.717) is 6.42 Å². The summed E-state index contributed by atoms with van der Waals surface area (Å²) in [4.78, 5) is 10.2. The number of aliphatic carboxylic acids is 1. The largest absolute Gasteiger partial charge is 0.481 e. The van der Waals surface area contributed by atoms with Crippen LogP contribution in [-0.2, 0) is 14.6 Å². The molecule has 0 aliphatic rings. The molecule has 0 saturated heterocycles. The molecule has 0 fully saturated rings. The topological polar surface area (TPSA) is 91.7 Å². The molecule has 1 atom stereocenters. The van der Waals surface area contributed by atoms with Crippen molar-refractivity contribution in [2.75, 3.05) is 5.75 Å². The third-order valence-electron chi connectivity index (χ3n) is 2.00. The van der Waals surface area contributed by atoms with Crippen molar-refractivity contribution in [3.05, 3.63) is 0 Å². The average Bonchev–Trinajstić information content (AvgIpc) is 2.11. The molecule has 1 unspecified atom stereocenters. The van der Waals surface area contributed by atoms with Crippen LogP contribution in [0.4, 0.5) is 0 Å². The molecule has 0 amide bonds. The third kappa shape index (κ3) is 6.46. The molecule has 0 bridgehead atoms. The van der Waals surface area contributed by atoms with Gasteiger partial charge in [-0.2, -0.15) is 0 Å². The van der Waals surface area contributed by atoms with E-state index in [1.807, 2.05) is 13.8 Å². The molecular weight excluding hydrogens is 220 g/mol. The Hall–Kier alpha value is -0.620. The average molecular weight is 238 g/mol. The van der Waals surface area contributed by atoms with E-state index in [9.17, 15) is 18.3 Å². The molecule has 2 N–H and O–H groups in total. The van der Waals surface area contributed by atoms with Gasteiger partial charge >= 0.3 is 5.97 Å². The fourth-order valence-corrected chi connectivity index (χ4v) is 2.51. The molecule has 15 heavy (non-hydrogen) atoms. The monoisotopic (exact) mass is 238 g/mol. The van der Waals surface area contributed by atoms with E-state index in [1.54, 1.807) is 0 Å². The summed E-state index contributed by atoms with van der Waals surface area (Å²) in [6.07, 6.45) is -0.0930. The van der Waals surface area contributed by atoms with E-state index < -0.39 is 21.2 Å². The van der Waals surface area contributed by atoms with Crippen molar-refractivity contribution in [2.45, 2.75) is 38.5 Å². The van der Waals surface area contributed by atoms with Crippen LogP contribution in [0.3, 0.4) is 0 Å². The maximum absolute atomic E-state index is 11.4. The molecule has 0 aromatic rings. The molecule has 0 spiro atoms. The van der Waals surface area contributed by atoms with Gasteiger partial charge in [-0.15, -0.1) is 0 Å². The molecule has 0 aliphatic carbocycles. The van der Waals surface area contributed by atoms with Gasteiger partial charge in [0.15, 0.2) is 15.3 Å². The van der Waals surface area contributed by atoms with Gasteiger partial charge in [-0.05, 0) is 18.8 Å². The minimum absolute atomic E-state index is 0.0918. The van der Waals surface area contributed by atoms with Gasteiger partial charge in [0.05, 0.1) is 5.75 Å². The van der Waals surface area contributed by atoms with Gasteiger partial charge in [0.25, 0.3) is 0 Å². The van der Waals surface area contributed by atoms with Crippen molar-refractivity contribution in [1.29, 1.82) is 0 Å². The van der Waals surface area contributed by atoms with Crippen molar-refractivity contribution < 1.29 is 23.4 Å². The van der Waals surface area contributed by atoms with E-state index in [1.165, 1.54) is 0 Å². The predicted octanol–water partition coefficient (Wildman–Crippen LogP) is 0.631. The first-order chi connectivity index (χ1) is 6.75. The van der Waals surface area contributed by atoms with Crippen LogP contribution in [0, 0.1) is 5.92 Å². The molecular formula is C9H18O5S. The molecule has 0 saturated carbocycles. The molecule has 0 radical (unpaired) electrons. The second-order valence-corrected chi connectivity index (χ2v) is 6.21. The fraction of sp³-hybridized carbons (Fsp3) is 0.889. The Kier molecular flexibility index (Phi) is 5.82. The van der Waals surface area contributed by atoms with E-state index in [-0.39, 0.29) is 24.5 Å². The van der Waals surface area contributed by atoms with Crippen LogP contribution < -0.4 is 0 Å². The normalized spacial score (nSPS) is 14.1. The minimum atomic E-state index is -3.56. The number of carbonyl (C=O) groups is 1. The third-order valence-corrected chi connectivity index (χ3v) is 3.87. The summed E-state index contributed by atoms with van der Waals surface area (Å²) >= 11 is 0. The van der Waals surface area contributed by atoms with Gasteiger partial charge in [-0.1, -0.05) is 13.8 Å². The lowest BCUT2D eigenvalue weighted by atomic mass is 10.2. The molecule has 0 heterocycles. The first-order valence-corrected chi connectivity index (χ1v) is 6.58. The Labute approximate surface area is 90.0 Å². The summed E-state index contributed by atoms with van der Waals surface area (Å²) in [7, 11) is -3.56. The molecule has 0 aromatic heterocycles. The van der Waals surface area contributed by atoms with Crippen molar-refractivity contribution in [3.8, 4) is 0 Å². The lowest BCUT2D eigenvalue weighted by molar-refractivity contribution is -0.137. The van der Waals surface area contributed by atoms with E-state index >= 15 is 0 Å². The Balaban J connectivity index is 4.14. The van der Waals surface area contributed by atoms with Crippen LogP contribution in [0.5, 0.6) is 0 Å². The standard InChI is InChI=1S/C9H18O5S/c1-7(2)5-6-15(13,14)9(12)4-3-8(10)11/h7,9,12H,3-6H2,1-2H3,(H,10,11). The number of hydrogen-bond acceptors (Lipinski definition) is 4. The number of aliphatic hydroxyl groups is 1. The number of hydrogen-bond donors (Lipinski definition) is 2. The predicted molar refractivity (Wildman–Crippen MR) is 56.1 cm³/mol. The van der Waals surface area contributed by atoms with E-state index in [0.717, 1.165) is 0 Å². The zero-order valence-corrected chi connectivity index (χ0v) is 9.83. The van der Waals surface area contributed by atoms with Gasteiger partial charge < -0.3 is 10.2 Å². The van der Waals surface area contributed by atoms with Crippen LogP contribution in [-0.4, -0.2) is 35.8 Å². The van der Waals surface area contributed by atoms with E-state index in [4.69, 9.17) is 5.11 Å². The van der Waals surface area contributed by atoms with Crippen LogP contribution in [0.1, 0.15) is 33.1 Å². The molecule has 0 rings (SSSR count). The van der Waals surface area contributed by atoms with Crippen LogP contribution in [0.25, 0.3) is 0 Å². The summed E-state index contributed by atoms with van der Waals surface area (Å²) < 4.78 is 22.8. The maximum Gasteiger partial charge on any atom is 0.303 e. The zero-order valence-electron chi connectivity index (χ0n) is 9.01. The van der Waals surface area contributed by atoms with Crippen molar-refractivity contribution in [1.82, 2.24) is 0 Å². The summed E-state index contributed by atoms with van der Waals surface area (Å²) in [5, 5.41) is 17.6. The number of aliphatic hydroxyl groups excluding tert-OH is 1. The summed E-state index contributed by atoms with van der Waals surface area (Å²) in [6.45, 7) is 3.78. The maximum atomic E-state index is 11.4. The number of carboxylic acid groups (broad SMARTS) is 1. The number of rotatable bonds is 7. The smallest absolute Gasteiger partial charge is 0.303 e. The first-order valence-electron chi connectivity index (χ1n) is 4.87. The Morgan fingerprint density at radius 1 is 1.27 bits per heavy atom. The van der Waals surface area contributed by atoms with Crippen molar-refractivity contribution in [3.63, 3.8) is 0 Å². The highest BCUT2D eigenvalue weighted by Gasteiger charge is 2.23. The van der Waals surface area contributed by atoms with Gasteiger partial charge in [0.1, 0.15) is 0 Å². The summed E-state index contributed by atoms with van der Waals surface area (Å²) in [5.74, 6) is -0.953. The fourth-order valence-electron chi connectivity index (χ4n) is 0.963.